The van der Waals surface area contributed by atoms with Gasteiger partial charge in [-0.3, -0.25) is 0 Å². The molecule has 0 saturated carbocycles. The molecular weight excluding hydrogens is 118 g/mol. The topological polar surface area (TPSA) is 0 Å². The van der Waals surface area contributed by atoms with Gasteiger partial charge in [0.25, 0.3) is 0 Å². The smallest absolute Gasteiger partial charge is 0.343 e. The van der Waals surface area contributed by atoms with Crippen LogP contribution in [0.15, 0.2) is 0 Å². The van der Waals surface area contributed by atoms with Crippen LogP contribution in [0, 0.1) is 6.92 Å². The van der Waals surface area contributed by atoms with E-state index in [-0.39, 0.29) is 59.1 Å². The van der Waals surface area contributed by atoms with Crippen LogP contribution < -0.4 is 59.1 Å². The van der Waals surface area contributed by atoms with E-state index in [1.54, 1.807) is 0 Å². The van der Waals surface area contributed by atoms with Gasteiger partial charge in [-0.2, -0.15) is 6.42 Å². The van der Waals surface area contributed by atoms with E-state index in [4.69, 9.17) is 0 Å². The van der Waals surface area contributed by atoms with E-state index in [1.807, 2.05) is 0 Å². The quantitative estimate of drug-likeness (QED) is 0.211. The fourth-order valence-electron chi connectivity index (χ4n) is 0.427. The maximum atomic E-state index is 3.72. The van der Waals surface area contributed by atoms with Crippen LogP contribution in [0.1, 0.15) is 32.6 Å². The number of rotatable bonds is 3. The molecule has 0 amide bonds. The fraction of sp³-hybridized carbons (Fsp3) is 0.833. The molecule has 0 aromatic rings. The second-order valence-electron chi connectivity index (χ2n) is 1.56. The molecule has 0 spiro atoms. The Labute approximate surface area is 97.4 Å². The molecule has 0 aliphatic rings. The Kier molecular flexibility index (Phi) is 33.1. The summed E-state index contributed by atoms with van der Waals surface area (Å²) in [7, 11) is 0. The molecule has 0 rings (SSSR count). The summed E-state index contributed by atoms with van der Waals surface area (Å²) in [4.78, 5) is 0. The molecule has 38 valence electrons. The zero-order chi connectivity index (χ0) is 4.83. The second kappa shape index (κ2) is 16.0. The van der Waals surface area contributed by atoms with Crippen molar-refractivity contribution >= 4 is 0 Å². The molecule has 0 heterocycles. The average molecular weight is 131 g/mol. The van der Waals surface area contributed by atoms with Gasteiger partial charge in [0, 0.05) is 0 Å². The first kappa shape index (κ1) is 16.5. The molecular formula is C6H13Na2+. The summed E-state index contributed by atoms with van der Waals surface area (Å²) < 4.78 is 0. The molecule has 0 atom stereocenters. The molecule has 8 heavy (non-hydrogen) atoms. The van der Waals surface area contributed by atoms with Gasteiger partial charge in [0.05, 0.1) is 0 Å². The Morgan fingerprint density at radius 1 is 1.12 bits per heavy atom. The van der Waals surface area contributed by atoms with Crippen molar-refractivity contribution in [2.45, 2.75) is 32.6 Å². The summed E-state index contributed by atoms with van der Waals surface area (Å²) >= 11 is 0. The van der Waals surface area contributed by atoms with E-state index in [0.29, 0.717) is 0 Å². The third kappa shape index (κ3) is 15.7. The molecule has 0 radical (unpaired) electrons. The SMILES string of the molecule is [CH2-]CCCCC.[Na+].[Na+]. The van der Waals surface area contributed by atoms with E-state index in [0.717, 1.165) is 6.42 Å². The maximum absolute atomic E-state index is 3.72. The van der Waals surface area contributed by atoms with Crippen molar-refractivity contribution in [3.8, 4) is 0 Å². The third-order valence-corrected chi connectivity index (χ3v) is 0.854. The van der Waals surface area contributed by atoms with Gasteiger partial charge in [-0.05, 0) is 0 Å². The molecule has 0 bridgehead atoms. The Bertz CT molecular complexity index is 18.5. The standard InChI is InChI=1S/C6H13.2Na/c1-3-5-6-4-2;;/h1,3-6H2,2H3;;/q-1;2*+1. The van der Waals surface area contributed by atoms with Gasteiger partial charge in [-0.25, -0.2) is 0 Å². The summed E-state index contributed by atoms with van der Waals surface area (Å²) in [6.07, 6.45) is 5.07. The summed E-state index contributed by atoms with van der Waals surface area (Å²) in [5, 5.41) is 0. The molecule has 0 aliphatic carbocycles. The van der Waals surface area contributed by atoms with Crippen molar-refractivity contribution in [1.82, 2.24) is 0 Å². The van der Waals surface area contributed by atoms with E-state index < -0.39 is 0 Å². The van der Waals surface area contributed by atoms with Crippen molar-refractivity contribution in [2.75, 3.05) is 0 Å². The van der Waals surface area contributed by atoms with E-state index in [1.165, 1.54) is 19.3 Å². The molecule has 2 heteroatoms. The first-order chi connectivity index (χ1) is 2.91. The van der Waals surface area contributed by atoms with E-state index in [9.17, 15) is 0 Å². The monoisotopic (exact) mass is 131 g/mol. The normalized spacial score (nSPS) is 6.75. The maximum Gasteiger partial charge on any atom is 1.00 e. The first-order valence-corrected chi connectivity index (χ1v) is 2.71. The molecule has 0 aliphatic heterocycles. The average Bonchev–Trinajstić information content (AvgIpc) is 1.61. The zero-order valence-electron chi connectivity index (χ0n) is 6.54. The summed E-state index contributed by atoms with van der Waals surface area (Å²) in [5.41, 5.74) is 0. The summed E-state index contributed by atoms with van der Waals surface area (Å²) in [6, 6.07) is 0. The Balaban J connectivity index is -0.000000125. The predicted molar refractivity (Wildman–Crippen MR) is 29.5 cm³/mol. The Morgan fingerprint density at radius 3 is 1.75 bits per heavy atom. The minimum absolute atomic E-state index is 0. The van der Waals surface area contributed by atoms with Gasteiger partial charge < -0.3 is 6.92 Å². The third-order valence-electron chi connectivity index (χ3n) is 0.854. The van der Waals surface area contributed by atoms with Crippen molar-refractivity contribution < 1.29 is 59.1 Å². The van der Waals surface area contributed by atoms with Crippen molar-refractivity contribution in [1.29, 1.82) is 0 Å². The van der Waals surface area contributed by atoms with Gasteiger partial charge in [-0.1, -0.05) is 26.2 Å². The van der Waals surface area contributed by atoms with E-state index in [2.05, 4.69) is 13.8 Å². The van der Waals surface area contributed by atoms with Crippen LogP contribution in [0.2, 0.25) is 0 Å². The van der Waals surface area contributed by atoms with Gasteiger partial charge in [-0.15, -0.1) is 0 Å². The number of unbranched alkanes of at least 4 members (excludes halogenated alkanes) is 3. The first-order valence-electron chi connectivity index (χ1n) is 2.71. The molecule has 0 saturated heterocycles. The van der Waals surface area contributed by atoms with Gasteiger partial charge in [0.1, 0.15) is 0 Å². The second-order valence-corrected chi connectivity index (χ2v) is 1.56. The summed E-state index contributed by atoms with van der Waals surface area (Å²) in [6.45, 7) is 5.93. The van der Waals surface area contributed by atoms with E-state index >= 15 is 0 Å². The molecule has 0 aromatic carbocycles. The molecule has 0 unspecified atom stereocenters. The Hall–Kier alpha value is 2.00. The van der Waals surface area contributed by atoms with Gasteiger partial charge in [0.2, 0.25) is 0 Å². The zero-order valence-corrected chi connectivity index (χ0v) is 10.5. The fourth-order valence-corrected chi connectivity index (χ4v) is 0.427. The van der Waals surface area contributed by atoms with Crippen LogP contribution in [-0.4, -0.2) is 0 Å². The molecule has 0 fully saturated rings. The largest absolute Gasteiger partial charge is 1.00 e. The number of hydrogen-bond acceptors (Lipinski definition) is 0. The molecule has 0 N–H and O–H groups in total. The minimum Gasteiger partial charge on any atom is -0.343 e. The molecule has 0 aromatic heterocycles. The van der Waals surface area contributed by atoms with Crippen LogP contribution in [0.25, 0.3) is 0 Å². The number of hydrogen-bond donors (Lipinski definition) is 0. The van der Waals surface area contributed by atoms with Crippen LogP contribution in [-0.2, 0) is 0 Å². The molecule has 0 nitrogen and oxygen atoms in total. The minimum atomic E-state index is 0. The predicted octanol–water partition coefficient (Wildman–Crippen LogP) is -3.59. The Morgan fingerprint density at radius 2 is 1.62 bits per heavy atom. The van der Waals surface area contributed by atoms with Crippen molar-refractivity contribution in [2.24, 2.45) is 0 Å². The summed E-state index contributed by atoms with van der Waals surface area (Å²) in [5.74, 6) is 0. The van der Waals surface area contributed by atoms with Crippen LogP contribution in [0.3, 0.4) is 0 Å². The van der Waals surface area contributed by atoms with Crippen molar-refractivity contribution in [3.05, 3.63) is 6.92 Å². The van der Waals surface area contributed by atoms with Crippen molar-refractivity contribution in [3.63, 3.8) is 0 Å². The van der Waals surface area contributed by atoms with Gasteiger partial charge >= 0.3 is 59.1 Å². The van der Waals surface area contributed by atoms with Crippen LogP contribution in [0.5, 0.6) is 0 Å². The van der Waals surface area contributed by atoms with Crippen LogP contribution in [0.4, 0.5) is 0 Å². The van der Waals surface area contributed by atoms with Gasteiger partial charge in [0.15, 0.2) is 0 Å². The van der Waals surface area contributed by atoms with Crippen LogP contribution >= 0.6 is 0 Å².